The van der Waals surface area contributed by atoms with Crippen LogP contribution in [0.2, 0.25) is 5.02 Å². The van der Waals surface area contributed by atoms with E-state index in [1.807, 2.05) is 0 Å². The molecular weight excluding hydrogens is 509 g/mol. The summed E-state index contributed by atoms with van der Waals surface area (Å²) in [6, 6.07) is 13.2. The summed E-state index contributed by atoms with van der Waals surface area (Å²) in [6.45, 7) is -0.376. The Labute approximate surface area is 205 Å². The van der Waals surface area contributed by atoms with Crippen LogP contribution >= 0.6 is 23.4 Å². The maximum Gasteiger partial charge on any atom is 0.264 e. The highest BCUT2D eigenvalue weighted by Crippen LogP contribution is 2.25. The summed E-state index contributed by atoms with van der Waals surface area (Å²) >= 11 is 7.34. The monoisotopic (exact) mass is 528 g/mol. The summed E-state index contributed by atoms with van der Waals surface area (Å²) in [4.78, 5) is 12.3. The molecule has 0 aliphatic rings. The van der Waals surface area contributed by atoms with Crippen LogP contribution in [-0.4, -0.2) is 33.2 Å². The van der Waals surface area contributed by atoms with Crippen LogP contribution in [0.1, 0.15) is 5.56 Å². The van der Waals surface area contributed by atoms with Gasteiger partial charge in [0, 0.05) is 28.6 Å². The zero-order valence-corrected chi connectivity index (χ0v) is 20.1. The lowest BCUT2D eigenvalue weighted by molar-refractivity contribution is -0.119. The molecule has 0 bridgehead atoms. The molecule has 0 aromatic heterocycles. The second kappa shape index (κ2) is 11.6. The van der Waals surface area contributed by atoms with E-state index in [-0.39, 0.29) is 17.1 Å². The Balaban J connectivity index is 1.64. The highest BCUT2D eigenvalue weighted by molar-refractivity contribution is 7.98. The zero-order chi connectivity index (χ0) is 24.7. The second-order valence-electron chi connectivity index (χ2n) is 7.04. The van der Waals surface area contributed by atoms with Crippen LogP contribution in [0.4, 0.5) is 18.9 Å². The first kappa shape index (κ1) is 25.9. The fourth-order valence-electron chi connectivity index (χ4n) is 2.95. The van der Waals surface area contributed by atoms with E-state index in [9.17, 15) is 26.4 Å². The zero-order valence-electron chi connectivity index (χ0n) is 17.7. The Morgan fingerprint density at radius 3 is 2.18 bits per heavy atom. The smallest absolute Gasteiger partial charge is 0.264 e. The van der Waals surface area contributed by atoms with E-state index in [2.05, 4.69) is 5.32 Å². The van der Waals surface area contributed by atoms with E-state index in [0.717, 1.165) is 40.7 Å². The van der Waals surface area contributed by atoms with Crippen LogP contribution < -0.4 is 9.62 Å². The van der Waals surface area contributed by atoms with E-state index >= 15 is 0 Å². The first-order valence-electron chi connectivity index (χ1n) is 9.99. The molecule has 0 heterocycles. The van der Waals surface area contributed by atoms with E-state index in [0.29, 0.717) is 22.1 Å². The standard InChI is InChI=1S/C23H20ClF3N2O3S2/c24-21-2-1-3-22(27)20(21)15-33-13-12-28-23(30)14-29(18-8-4-16(25)5-9-18)34(31,32)19-10-6-17(26)7-11-19/h1-11H,12-15H2,(H,28,30). The number of thioether (sulfide) groups is 1. The van der Waals surface area contributed by atoms with Crippen molar-refractivity contribution in [2.24, 2.45) is 0 Å². The molecule has 3 aromatic carbocycles. The average molecular weight is 529 g/mol. The number of sulfonamides is 1. The number of halogens is 4. The van der Waals surface area contributed by atoms with Gasteiger partial charge in [0.25, 0.3) is 10.0 Å². The van der Waals surface area contributed by atoms with Crippen LogP contribution in [0.3, 0.4) is 0 Å². The maximum atomic E-state index is 13.8. The van der Waals surface area contributed by atoms with Crippen LogP contribution in [0.15, 0.2) is 71.6 Å². The summed E-state index contributed by atoms with van der Waals surface area (Å²) in [5, 5.41) is 2.93. The van der Waals surface area contributed by atoms with Crippen molar-refractivity contribution in [1.82, 2.24) is 5.32 Å². The van der Waals surface area contributed by atoms with Gasteiger partial charge >= 0.3 is 0 Å². The van der Waals surface area contributed by atoms with Gasteiger partial charge in [-0.2, -0.15) is 11.8 Å². The van der Waals surface area contributed by atoms with Crippen molar-refractivity contribution in [2.45, 2.75) is 10.6 Å². The molecule has 0 saturated heterocycles. The molecule has 0 saturated carbocycles. The van der Waals surface area contributed by atoms with Crippen molar-refractivity contribution < 1.29 is 26.4 Å². The van der Waals surface area contributed by atoms with E-state index in [1.54, 1.807) is 6.07 Å². The molecule has 0 radical (unpaired) electrons. The molecule has 0 aliphatic heterocycles. The minimum atomic E-state index is -4.24. The fourth-order valence-corrected chi connectivity index (χ4v) is 5.57. The van der Waals surface area contributed by atoms with Gasteiger partial charge in [-0.05, 0) is 60.7 Å². The van der Waals surface area contributed by atoms with Crippen molar-refractivity contribution in [2.75, 3.05) is 23.1 Å². The molecule has 5 nitrogen and oxygen atoms in total. The molecule has 11 heteroatoms. The number of nitrogens with zero attached hydrogens (tertiary/aromatic N) is 1. The van der Waals surface area contributed by atoms with Gasteiger partial charge in [0.15, 0.2) is 0 Å². The van der Waals surface area contributed by atoms with Crippen molar-refractivity contribution in [3.8, 4) is 0 Å². The topological polar surface area (TPSA) is 66.5 Å². The summed E-state index contributed by atoms with van der Waals surface area (Å²) < 4.78 is 67.5. The van der Waals surface area contributed by atoms with Crippen molar-refractivity contribution in [3.63, 3.8) is 0 Å². The Morgan fingerprint density at radius 2 is 1.56 bits per heavy atom. The third-order valence-corrected chi connectivity index (χ3v) is 7.81. The molecule has 0 aliphatic carbocycles. The molecule has 0 fully saturated rings. The molecule has 1 amide bonds. The molecule has 3 aromatic rings. The lowest BCUT2D eigenvalue weighted by atomic mass is 10.2. The van der Waals surface area contributed by atoms with Gasteiger partial charge in [-0.25, -0.2) is 21.6 Å². The number of rotatable bonds is 10. The molecule has 180 valence electrons. The second-order valence-corrected chi connectivity index (χ2v) is 10.4. The number of carbonyl (C=O) groups is 1. The predicted octanol–water partition coefficient (Wildman–Crippen LogP) is 5.00. The summed E-state index contributed by atoms with van der Waals surface area (Å²) in [6.07, 6.45) is 0. The molecule has 34 heavy (non-hydrogen) atoms. The van der Waals surface area contributed by atoms with Crippen LogP contribution in [0.5, 0.6) is 0 Å². The van der Waals surface area contributed by atoms with Gasteiger partial charge in [-0.3, -0.25) is 9.10 Å². The summed E-state index contributed by atoms with van der Waals surface area (Å²) in [5.74, 6) is -1.46. The van der Waals surface area contributed by atoms with Gasteiger partial charge in [-0.1, -0.05) is 17.7 Å². The number of benzene rings is 3. The lowest BCUT2D eigenvalue weighted by Gasteiger charge is -2.24. The van der Waals surface area contributed by atoms with Crippen LogP contribution in [-0.2, 0) is 20.6 Å². The first-order chi connectivity index (χ1) is 16.2. The molecule has 0 unspecified atom stereocenters. The Hall–Kier alpha value is -2.69. The van der Waals surface area contributed by atoms with Gasteiger partial charge < -0.3 is 5.32 Å². The number of anilines is 1. The Kier molecular flexibility index (Phi) is 8.87. The van der Waals surface area contributed by atoms with Crippen molar-refractivity contribution in [3.05, 3.63) is 94.8 Å². The van der Waals surface area contributed by atoms with E-state index in [1.165, 1.54) is 36.0 Å². The Bertz CT molecular complexity index is 1220. The number of amides is 1. The average Bonchev–Trinajstić information content (AvgIpc) is 2.80. The molecule has 1 N–H and O–H groups in total. The SMILES string of the molecule is O=C(CN(c1ccc(F)cc1)S(=O)(=O)c1ccc(F)cc1)NCCSCc1c(F)cccc1Cl. The molecule has 0 atom stereocenters. The third kappa shape index (κ3) is 6.68. The highest BCUT2D eigenvalue weighted by Gasteiger charge is 2.27. The quantitative estimate of drug-likeness (QED) is 0.376. The van der Waals surface area contributed by atoms with Gasteiger partial charge in [0.05, 0.1) is 10.6 Å². The molecule has 3 rings (SSSR count). The van der Waals surface area contributed by atoms with Gasteiger partial charge in [0.1, 0.15) is 24.0 Å². The number of hydrogen-bond acceptors (Lipinski definition) is 4. The third-order valence-electron chi connectivity index (χ3n) is 4.68. The fraction of sp³-hybridized carbons (Fsp3) is 0.174. The van der Waals surface area contributed by atoms with Crippen molar-refractivity contribution in [1.29, 1.82) is 0 Å². The van der Waals surface area contributed by atoms with Crippen molar-refractivity contribution >= 4 is 45.0 Å². The van der Waals surface area contributed by atoms with Gasteiger partial charge in [-0.15, -0.1) is 0 Å². The predicted molar refractivity (Wildman–Crippen MR) is 128 cm³/mol. The Morgan fingerprint density at radius 1 is 0.941 bits per heavy atom. The summed E-state index contributed by atoms with van der Waals surface area (Å²) in [5.41, 5.74) is 0.442. The number of carbonyl (C=O) groups excluding carboxylic acids is 1. The summed E-state index contributed by atoms with van der Waals surface area (Å²) in [7, 11) is -4.24. The molecular formula is C23H20ClF3N2O3S2. The van der Waals surface area contributed by atoms with Gasteiger partial charge in [0.2, 0.25) is 5.91 Å². The minimum Gasteiger partial charge on any atom is -0.354 e. The molecule has 0 spiro atoms. The number of hydrogen-bond donors (Lipinski definition) is 1. The van der Waals surface area contributed by atoms with E-state index < -0.39 is 39.9 Å². The normalized spacial score (nSPS) is 11.3. The first-order valence-corrected chi connectivity index (χ1v) is 13.0. The number of nitrogens with one attached hydrogen (secondary N) is 1. The minimum absolute atomic E-state index is 0.0736. The van der Waals surface area contributed by atoms with E-state index in [4.69, 9.17) is 11.6 Å². The van der Waals surface area contributed by atoms with Crippen LogP contribution in [0, 0.1) is 17.5 Å². The van der Waals surface area contributed by atoms with Crippen LogP contribution in [0.25, 0.3) is 0 Å². The highest BCUT2D eigenvalue weighted by atomic mass is 35.5. The largest absolute Gasteiger partial charge is 0.354 e. The lowest BCUT2D eigenvalue weighted by Crippen LogP contribution is -2.41. The maximum absolute atomic E-state index is 13.8.